The fourth-order valence-electron chi connectivity index (χ4n) is 3.67. The molecule has 13 heteroatoms. The van der Waals surface area contributed by atoms with E-state index in [1.807, 2.05) is 0 Å². The van der Waals surface area contributed by atoms with Crippen LogP contribution in [0.3, 0.4) is 0 Å². The molecule has 2 amide bonds. The summed E-state index contributed by atoms with van der Waals surface area (Å²) in [6.45, 7) is 5.20. The first-order chi connectivity index (χ1) is 15.9. The van der Waals surface area contributed by atoms with Gasteiger partial charge in [-0.05, 0) is 20.8 Å². The fraction of sp³-hybridized carbons (Fsp3) is 0.333. The van der Waals surface area contributed by atoms with E-state index in [2.05, 4.69) is 20.7 Å². The predicted molar refractivity (Wildman–Crippen MR) is 127 cm³/mol. The van der Waals surface area contributed by atoms with Crippen molar-refractivity contribution in [2.75, 3.05) is 11.1 Å². The van der Waals surface area contributed by atoms with Crippen LogP contribution in [-0.4, -0.2) is 70.4 Å². The van der Waals surface area contributed by atoms with Crippen molar-refractivity contribution in [1.29, 1.82) is 0 Å². The number of nitrogens with one attached hydrogen (secondary N) is 2. The normalized spacial score (nSPS) is 17.1. The summed E-state index contributed by atoms with van der Waals surface area (Å²) in [7, 11) is -3.67. The van der Waals surface area contributed by atoms with Gasteiger partial charge < -0.3 is 4.74 Å². The summed E-state index contributed by atoms with van der Waals surface area (Å²) in [5, 5.41) is 10.4. The van der Waals surface area contributed by atoms with Crippen LogP contribution in [0.2, 0.25) is 5.02 Å². The van der Waals surface area contributed by atoms with E-state index in [0.717, 1.165) is 0 Å². The molecule has 0 saturated carbocycles. The van der Waals surface area contributed by atoms with Crippen LogP contribution in [-0.2, 0) is 14.6 Å². The Hall–Kier alpha value is -2.26. The molecule has 176 valence electrons. The van der Waals surface area contributed by atoms with E-state index in [0.29, 0.717) is 48.3 Å². The Labute approximate surface area is 217 Å². The standard InChI is InChI=1S/C21H22ClN5O5S.Tl/c1-21(2,3)32-20(29)26-16-5-7-33(30,31)17-9-11(14(22)8-12(16)17)19(28)25-15-4-6-23-18-13(15)10-24-27-18;/h4,6,8-10,16H,5,7H2,1-3H3,(H3,23,24,25,26,27,28,29);/q;+1/p-1/t16-;/m0./s1. The zero-order chi connectivity index (χ0) is 24.8. The van der Waals surface area contributed by atoms with Gasteiger partial charge in [0.15, 0.2) is 0 Å². The third kappa shape index (κ3) is 5.05. The first-order valence-corrected chi connectivity index (χ1v) is 14.3. The molecule has 0 aliphatic carbocycles. The van der Waals surface area contributed by atoms with Crippen molar-refractivity contribution in [2.24, 2.45) is 0 Å². The number of nitrogens with zero attached hydrogens (tertiary/aromatic N) is 3. The molecule has 2 N–H and O–H groups in total. The van der Waals surface area contributed by atoms with Crippen LogP contribution in [0.15, 0.2) is 35.5 Å². The maximum absolute atomic E-state index is 13.1. The Morgan fingerprint density at radius 3 is 2.74 bits per heavy atom. The molecule has 0 spiro atoms. The molecule has 0 unspecified atom stereocenters. The molecule has 1 atom stereocenters. The number of hydrogen-bond donors (Lipinski definition) is 2. The molecular weight excluding hydrogens is 674 g/mol. The van der Waals surface area contributed by atoms with Gasteiger partial charge in [0.25, 0.3) is 0 Å². The van der Waals surface area contributed by atoms with Gasteiger partial charge >= 0.3 is 182 Å². The quantitative estimate of drug-likeness (QED) is 0.403. The number of anilines is 1. The molecule has 0 radical (unpaired) electrons. The number of halogens is 1. The molecule has 34 heavy (non-hydrogen) atoms. The van der Waals surface area contributed by atoms with Crippen molar-refractivity contribution in [2.45, 2.75) is 43.7 Å². The van der Waals surface area contributed by atoms with Crippen molar-refractivity contribution in [1.82, 2.24) is 17.9 Å². The van der Waals surface area contributed by atoms with Gasteiger partial charge in [-0.3, -0.25) is 0 Å². The molecule has 4 rings (SSSR count). The number of carbonyl (C=O) groups excluding carboxylic acids is 2. The van der Waals surface area contributed by atoms with Crippen LogP contribution in [0.1, 0.15) is 49.2 Å². The monoisotopic (exact) mass is 695 g/mol. The molecule has 0 fully saturated rings. The fourth-order valence-corrected chi connectivity index (χ4v) is 6.61. The number of sulfone groups is 1. The Morgan fingerprint density at radius 2 is 2.03 bits per heavy atom. The van der Waals surface area contributed by atoms with Gasteiger partial charge in [-0.25, -0.2) is 4.79 Å². The number of alkyl carbamates (subject to hydrolysis) is 1. The number of carbonyl (C=O) groups is 2. The molecule has 0 saturated heterocycles. The molecule has 10 nitrogen and oxygen atoms in total. The Bertz CT molecular complexity index is 1420. The summed E-state index contributed by atoms with van der Waals surface area (Å²) in [5.41, 5.74) is 0.763. The average Bonchev–Trinajstić information content (AvgIpc) is 3.10. The zero-order valence-electron chi connectivity index (χ0n) is 18.6. The van der Waals surface area contributed by atoms with Crippen LogP contribution in [0.4, 0.5) is 10.5 Å². The van der Waals surface area contributed by atoms with Crippen molar-refractivity contribution in [3.8, 4) is 0 Å². The Kier molecular flexibility index (Phi) is 6.63. The average molecular weight is 695 g/mol. The zero-order valence-corrected chi connectivity index (χ0v) is 24.7. The molecular formula is C21H21ClN5O5STl. The Morgan fingerprint density at radius 1 is 1.29 bits per heavy atom. The number of fused-ring (bicyclic) bond motifs is 2. The first-order valence-electron chi connectivity index (χ1n) is 10.3. The first kappa shape index (κ1) is 24.9. The van der Waals surface area contributed by atoms with Crippen LogP contribution in [0, 0.1) is 0 Å². The number of pyridine rings is 1. The summed E-state index contributed by atoms with van der Waals surface area (Å²) >= 11 is 6.83. The molecule has 2 aromatic heterocycles. The number of ether oxygens (including phenoxy) is 1. The molecule has 3 heterocycles. The third-order valence-electron chi connectivity index (χ3n) is 5.17. The second-order valence-corrected chi connectivity index (χ2v) is 13.2. The Balaban J connectivity index is 1.67. The number of benzene rings is 1. The van der Waals surface area contributed by atoms with Crippen LogP contribution >= 0.6 is 11.6 Å². The summed E-state index contributed by atoms with van der Waals surface area (Å²) in [6, 6.07) is 3.70. The third-order valence-corrected chi connectivity index (χ3v) is 8.74. The van der Waals surface area contributed by atoms with Crippen molar-refractivity contribution >= 4 is 76.2 Å². The predicted octanol–water partition coefficient (Wildman–Crippen LogP) is 3.01. The van der Waals surface area contributed by atoms with Crippen LogP contribution in [0.25, 0.3) is 11.0 Å². The van der Waals surface area contributed by atoms with Gasteiger partial charge in [0.05, 0.1) is 0 Å². The van der Waals surface area contributed by atoms with E-state index in [9.17, 15) is 18.0 Å². The van der Waals surface area contributed by atoms with Gasteiger partial charge in [-0.15, -0.1) is 0 Å². The van der Waals surface area contributed by atoms with E-state index in [1.165, 1.54) is 12.1 Å². The van der Waals surface area contributed by atoms with Crippen molar-refractivity contribution in [3.63, 3.8) is 0 Å². The number of hydrogen-bond acceptors (Lipinski definition) is 7. The van der Waals surface area contributed by atoms with Crippen LogP contribution < -0.4 is 10.6 Å². The van der Waals surface area contributed by atoms with Crippen molar-refractivity contribution < 1.29 is 22.7 Å². The summed E-state index contributed by atoms with van der Waals surface area (Å²) < 4.78 is 32.7. The van der Waals surface area contributed by atoms with E-state index in [4.69, 9.17) is 16.3 Å². The van der Waals surface area contributed by atoms with E-state index >= 15 is 0 Å². The van der Waals surface area contributed by atoms with Gasteiger partial charge in [0, 0.05) is 0 Å². The topological polar surface area (TPSA) is 132 Å². The second-order valence-electron chi connectivity index (χ2n) is 8.82. The van der Waals surface area contributed by atoms with E-state index in [-0.39, 0.29) is 27.7 Å². The van der Waals surface area contributed by atoms with Gasteiger partial charge in [-0.2, -0.15) is 0 Å². The summed E-state index contributed by atoms with van der Waals surface area (Å²) in [5.74, 6) is -0.754. The van der Waals surface area contributed by atoms with E-state index in [1.54, 1.807) is 41.7 Å². The molecule has 1 aromatic carbocycles. The minimum atomic E-state index is -3.67. The van der Waals surface area contributed by atoms with Gasteiger partial charge in [-0.1, -0.05) is 0 Å². The molecule has 0 bridgehead atoms. The summed E-state index contributed by atoms with van der Waals surface area (Å²) in [4.78, 5) is 29.6. The second kappa shape index (κ2) is 9.07. The van der Waals surface area contributed by atoms with Crippen LogP contribution in [0.5, 0.6) is 0 Å². The van der Waals surface area contributed by atoms with Gasteiger partial charge in [0.2, 0.25) is 0 Å². The number of rotatable bonds is 3. The summed E-state index contributed by atoms with van der Waals surface area (Å²) in [6.07, 6.45) is 2.67. The minimum absolute atomic E-state index is 0.00649. The maximum atomic E-state index is 13.1. The number of amides is 2. The molecule has 3 aromatic rings. The SMILES string of the molecule is CC(C)(C)OC(=O)N[C@H]1CCS(=O)(=O)c2cc(C(=O)Nc3ccnc4c3cn[n]4[Tl])c(Cl)cc21. The number of aromatic nitrogens is 3. The van der Waals surface area contributed by atoms with Crippen molar-refractivity contribution in [3.05, 3.63) is 46.7 Å². The molecule has 1 aliphatic rings. The molecule has 1 aliphatic heterocycles. The van der Waals surface area contributed by atoms with Gasteiger partial charge in [0.1, 0.15) is 5.60 Å². The van der Waals surface area contributed by atoms with E-state index < -0.39 is 33.5 Å².